The topological polar surface area (TPSA) is 58.1 Å². The molecule has 0 unspecified atom stereocenters. The third kappa shape index (κ3) is 2.78. The normalized spacial score (nSPS) is 13.6. The van der Waals surface area contributed by atoms with Crippen LogP contribution in [0.3, 0.4) is 0 Å². The summed E-state index contributed by atoms with van der Waals surface area (Å²) in [4.78, 5) is 23.0. The first kappa shape index (κ1) is 14.6. The number of pyridine rings is 2. The zero-order valence-corrected chi connectivity index (χ0v) is 12.9. The lowest BCUT2D eigenvalue weighted by molar-refractivity contribution is 0.206. The van der Waals surface area contributed by atoms with Crippen molar-refractivity contribution in [2.75, 3.05) is 11.9 Å². The highest BCUT2D eigenvalue weighted by Gasteiger charge is 2.22. The molecule has 1 aliphatic rings. The standard InChI is InChI=1S/C18H15FN4O/c19-14-4-1-5-15(10-14)21-18(24)23-8-6-16-13(11-23)9-12-3-2-7-20-17(12)22-16/h1-5,7,9-10H,6,8,11H2,(H,21,24). The van der Waals surface area contributed by atoms with Gasteiger partial charge in [-0.3, -0.25) is 0 Å². The number of carbonyl (C=O) groups excluding carboxylic acids is 1. The number of carbonyl (C=O) groups is 1. The minimum absolute atomic E-state index is 0.238. The van der Waals surface area contributed by atoms with Gasteiger partial charge in [-0.2, -0.15) is 0 Å². The maximum Gasteiger partial charge on any atom is 0.322 e. The van der Waals surface area contributed by atoms with Crippen molar-refractivity contribution in [3.05, 3.63) is 65.7 Å². The van der Waals surface area contributed by atoms with Crippen LogP contribution >= 0.6 is 0 Å². The van der Waals surface area contributed by atoms with E-state index in [4.69, 9.17) is 0 Å². The Hall–Kier alpha value is -3.02. The number of hydrogen-bond donors (Lipinski definition) is 1. The summed E-state index contributed by atoms with van der Waals surface area (Å²) in [6.07, 6.45) is 2.40. The van der Waals surface area contributed by atoms with E-state index in [2.05, 4.69) is 15.3 Å². The minimum atomic E-state index is -0.375. The molecule has 4 rings (SSSR count). The lowest BCUT2D eigenvalue weighted by Gasteiger charge is -2.28. The molecule has 0 spiro atoms. The van der Waals surface area contributed by atoms with E-state index in [1.54, 1.807) is 23.2 Å². The fraction of sp³-hybridized carbons (Fsp3) is 0.167. The lowest BCUT2D eigenvalue weighted by atomic mass is 10.0. The second-order valence-corrected chi connectivity index (χ2v) is 5.76. The van der Waals surface area contributed by atoms with Gasteiger partial charge >= 0.3 is 6.03 Å². The van der Waals surface area contributed by atoms with Gasteiger partial charge in [0.05, 0.1) is 0 Å². The van der Waals surface area contributed by atoms with Gasteiger partial charge in [-0.15, -0.1) is 0 Å². The summed E-state index contributed by atoms with van der Waals surface area (Å²) in [5.41, 5.74) is 3.19. The minimum Gasteiger partial charge on any atom is -0.320 e. The monoisotopic (exact) mass is 322 g/mol. The van der Waals surface area contributed by atoms with Gasteiger partial charge in [-0.05, 0) is 42.0 Å². The molecule has 120 valence electrons. The van der Waals surface area contributed by atoms with Crippen molar-refractivity contribution in [1.82, 2.24) is 14.9 Å². The Bertz CT molecular complexity index is 928. The molecule has 2 aromatic heterocycles. The van der Waals surface area contributed by atoms with Crippen molar-refractivity contribution < 1.29 is 9.18 Å². The van der Waals surface area contributed by atoms with E-state index < -0.39 is 0 Å². The molecule has 0 atom stereocenters. The number of hydrogen-bond acceptors (Lipinski definition) is 3. The van der Waals surface area contributed by atoms with Crippen molar-refractivity contribution in [1.29, 1.82) is 0 Å². The molecule has 24 heavy (non-hydrogen) atoms. The number of rotatable bonds is 1. The Balaban J connectivity index is 1.55. The molecule has 0 saturated carbocycles. The highest BCUT2D eigenvalue weighted by molar-refractivity contribution is 5.89. The predicted octanol–water partition coefficient (Wildman–Crippen LogP) is 3.36. The van der Waals surface area contributed by atoms with Gasteiger partial charge in [-0.25, -0.2) is 19.2 Å². The van der Waals surface area contributed by atoms with Gasteiger partial charge in [0.15, 0.2) is 5.65 Å². The van der Waals surface area contributed by atoms with E-state index in [9.17, 15) is 9.18 Å². The van der Waals surface area contributed by atoms with Crippen molar-refractivity contribution >= 4 is 22.8 Å². The summed E-state index contributed by atoms with van der Waals surface area (Å²) in [6, 6.07) is 11.5. The Kier molecular flexibility index (Phi) is 3.57. The maximum atomic E-state index is 13.2. The molecule has 3 aromatic rings. The molecule has 2 amide bonds. The van der Waals surface area contributed by atoms with Crippen LogP contribution in [0.15, 0.2) is 48.7 Å². The van der Waals surface area contributed by atoms with E-state index >= 15 is 0 Å². The lowest BCUT2D eigenvalue weighted by Crippen LogP contribution is -2.39. The number of urea groups is 1. The molecule has 0 fully saturated rings. The first-order valence-corrected chi connectivity index (χ1v) is 7.74. The van der Waals surface area contributed by atoms with Crippen LogP contribution in [0.1, 0.15) is 11.3 Å². The van der Waals surface area contributed by atoms with Crippen LogP contribution in [0.4, 0.5) is 14.9 Å². The Morgan fingerprint density at radius 2 is 2.12 bits per heavy atom. The molecular formula is C18H15FN4O. The highest BCUT2D eigenvalue weighted by Crippen LogP contribution is 2.22. The number of amides is 2. The van der Waals surface area contributed by atoms with Crippen LogP contribution in [-0.4, -0.2) is 27.4 Å². The highest BCUT2D eigenvalue weighted by atomic mass is 19.1. The molecule has 0 saturated heterocycles. The third-order valence-corrected chi connectivity index (χ3v) is 4.10. The molecule has 1 aliphatic heterocycles. The fourth-order valence-electron chi connectivity index (χ4n) is 2.91. The smallest absolute Gasteiger partial charge is 0.320 e. The zero-order valence-electron chi connectivity index (χ0n) is 12.9. The molecule has 5 nitrogen and oxygen atoms in total. The van der Waals surface area contributed by atoms with Crippen LogP contribution < -0.4 is 5.32 Å². The number of anilines is 1. The average Bonchev–Trinajstić information content (AvgIpc) is 2.59. The predicted molar refractivity (Wildman–Crippen MR) is 89.1 cm³/mol. The third-order valence-electron chi connectivity index (χ3n) is 4.10. The second kappa shape index (κ2) is 5.88. The number of halogens is 1. The van der Waals surface area contributed by atoms with E-state index in [-0.39, 0.29) is 11.8 Å². The molecule has 3 heterocycles. The van der Waals surface area contributed by atoms with Gasteiger partial charge in [0, 0.05) is 42.5 Å². The van der Waals surface area contributed by atoms with Crippen LogP contribution in [0.2, 0.25) is 0 Å². The molecule has 0 radical (unpaired) electrons. The van der Waals surface area contributed by atoms with Crippen molar-refractivity contribution in [3.8, 4) is 0 Å². The van der Waals surface area contributed by atoms with Gasteiger partial charge in [0.2, 0.25) is 0 Å². The van der Waals surface area contributed by atoms with E-state index in [0.717, 1.165) is 22.3 Å². The average molecular weight is 322 g/mol. The molecule has 6 heteroatoms. The summed E-state index contributed by atoms with van der Waals surface area (Å²) in [5, 5.41) is 3.70. The van der Waals surface area contributed by atoms with Gasteiger partial charge < -0.3 is 10.2 Å². The SMILES string of the molecule is O=C(Nc1cccc(F)c1)N1CCc2nc3ncccc3cc2C1. The first-order chi connectivity index (χ1) is 11.7. The summed E-state index contributed by atoms with van der Waals surface area (Å²) < 4.78 is 13.2. The number of benzene rings is 1. The largest absolute Gasteiger partial charge is 0.322 e. The summed E-state index contributed by atoms with van der Waals surface area (Å²) in [5.74, 6) is -0.375. The maximum absolute atomic E-state index is 13.2. The van der Waals surface area contributed by atoms with Crippen LogP contribution in [-0.2, 0) is 13.0 Å². The number of aromatic nitrogens is 2. The van der Waals surface area contributed by atoms with Crippen LogP contribution in [0, 0.1) is 5.82 Å². The Morgan fingerprint density at radius 1 is 1.21 bits per heavy atom. The number of nitrogens with one attached hydrogen (secondary N) is 1. The Morgan fingerprint density at radius 3 is 3.00 bits per heavy atom. The van der Waals surface area contributed by atoms with E-state index in [1.165, 1.54) is 12.1 Å². The summed E-state index contributed by atoms with van der Waals surface area (Å²) >= 11 is 0. The van der Waals surface area contributed by atoms with Crippen molar-refractivity contribution in [3.63, 3.8) is 0 Å². The summed E-state index contributed by atoms with van der Waals surface area (Å²) in [7, 11) is 0. The summed E-state index contributed by atoms with van der Waals surface area (Å²) in [6.45, 7) is 1.05. The van der Waals surface area contributed by atoms with Crippen molar-refractivity contribution in [2.24, 2.45) is 0 Å². The second-order valence-electron chi connectivity index (χ2n) is 5.76. The molecule has 0 bridgehead atoms. The van der Waals surface area contributed by atoms with E-state index in [0.29, 0.717) is 25.2 Å². The molecule has 1 N–H and O–H groups in total. The molecular weight excluding hydrogens is 307 g/mol. The zero-order chi connectivity index (χ0) is 16.5. The van der Waals surface area contributed by atoms with Crippen LogP contribution in [0.25, 0.3) is 11.0 Å². The quantitative estimate of drug-likeness (QED) is 0.747. The number of fused-ring (bicyclic) bond motifs is 2. The van der Waals surface area contributed by atoms with Gasteiger partial charge in [0.25, 0.3) is 0 Å². The molecule has 1 aromatic carbocycles. The van der Waals surface area contributed by atoms with Gasteiger partial charge in [-0.1, -0.05) is 6.07 Å². The Labute approximate surface area is 138 Å². The first-order valence-electron chi connectivity index (χ1n) is 7.74. The van der Waals surface area contributed by atoms with E-state index in [1.807, 2.05) is 18.2 Å². The molecule has 0 aliphatic carbocycles. The fourth-order valence-corrected chi connectivity index (χ4v) is 2.91. The van der Waals surface area contributed by atoms with Crippen LogP contribution in [0.5, 0.6) is 0 Å². The number of nitrogens with zero attached hydrogens (tertiary/aromatic N) is 3. The van der Waals surface area contributed by atoms with Crippen molar-refractivity contribution in [2.45, 2.75) is 13.0 Å². The van der Waals surface area contributed by atoms with Gasteiger partial charge in [0.1, 0.15) is 5.82 Å².